The average Bonchev–Trinajstić information content (AvgIpc) is 2.06. The second-order valence-electron chi connectivity index (χ2n) is 5.17. The SMILES string of the molecule is Cc1cc(C)c2c(c1)[C@@H](N)CC(C)(C)O2. The minimum atomic E-state index is -0.146. The van der Waals surface area contributed by atoms with Crippen molar-refractivity contribution in [3.05, 3.63) is 28.8 Å². The maximum absolute atomic E-state index is 6.18. The van der Waals surface area contributed by atoms with Gasteiger partial charge in [0.05, 0.1) is 0 Å². The molecule has 1 aliphatic heterocycles. The van der Waals surface area contributed by atoms with Gasteiger partial charge < -0.3 is 10.5 Å². The molecule has 2 heteroatoms. The van der Waals surface area contributed by atoms with E-state index < -0.39 is 0 Å². The first-order valence-electron chi connectivity index (χ1n) is 5.45. The molecule has 15 heavy (non-hydrogen) atoms. The van der Waals surface area contributed by atoms with Gasteiger partial charge in [0, 0.05) is 18.0 Å². The predicted octanol–water partition coefficient (Wildman–Crippen LogP) is 2.86. The second-order valence-corrected chi connectivity index (χ2v) is 5.17. The van der Waals surface area contributed by atoms with Crippen LogP contribution in [0.4, 0.5) is 0 Å². The van der Waals surface area contributed by atoms with E-state index in [0.29, 0.717) is 0 Å². The average molecular weight is 205 g/mol. The molecule has 1 aromatic carbocycles. The third-order valence-corrected chi connectivity index (χ3v) is 2.94. The summed E-state index contributed by atoms with van der Waals surface area (Å²) in [6, 6.07) is 4.39. The van der Waals surface area contributed by atoms with Gasteiger partial charge in [-0.05, 0) is 33.3 Å². The zero-order valence-corrected chi connectivity index (χ0v) is 9.92. The van der Waals surface area contributed by atoms with Crippen LogP contribution in [-0.4, -0.2) is 5.60 Å². The fourth-order valence-electron chi connectivity index (χ4n) is 2.36. The Morgan fingerprint density at radius 1 is 1.33 bits per heavy atom. The third kappa shape index (κ3) is 1.86. The molecule has 2 nitrogen and oxygen atoms in total. The lowest BCUT2D eigenvalue weighted by molar-refractivity contribution is 0.0719. The van der Waals surface area contributed by atoms with Gasteiger partial charge in [-0.3, -0.25) is 0 Å². The number of hydrogen-bond donors (Lipinski definition) is 1. The quantitative estimate of drug-likeness (QED) is 0.707. The zero-order chi connectivity index (χ0) is 11.2. The van der Waals surface area contributed by atoms with Crippen molar-refractivity contribution in [2.75, 3.05) is 0 Å². The van der Waals surface area contributed by atoms with Crippen molar-refractivity contribution in [3.63, 3.8) is 0 Å². The lowest BCUT2D eigenvalue weighted by Crippen LogP contribution is -2.37. The first kappa shape index (κ1) is 10.5. The molecular formula is C13H19NO. The Morgan fingerprint density at radius 3 is 2.67 bits per heavy atom. The molecule has 0 saturated carbocycles. The van der Waals surface area contributed by atoms with Crippen LogP contribution < -0.4 is 10.5 Å². The molecule has 0 amide bonds. The van der Waals surface area contributed by atoms with E-state index in [1.807, 2.05) is 0 Å². The van der Waals surface area contributed by atoms with Crippen molar-refractivity contribution in [2.45, 2.75) is 45.8 Å². The van der Waals surface area contributed by atoms with Crippen LogP contribution in [0.15, 0.2) is 12.1 Å². The fraction of sp³-hybridized carbons (Fsp3) is 0.538. The molecule has 0 radical (unpaired) electrons. The number of rotatable bonds is 0. The number of aryl methyl sites for hydroxylation is 2. The van der Waals surface area contributed by atoms with Crippen LogP contribution >= 0.6 is 0 Å². The summed E-state index contributed by atoms with van der Waals surface area (Å²) in [7, 11) is 0. The first-order chi connectivity index (χ1) is 6.89. The van der Waals surface area contributed by atoms with Crippen molar-refractivity contribution in [2.24, 2.45) is 5.73 Å². The van der Waals surface area contributed by atoms with Crippen molar-refractivity contribution in [1.82, 2.24) is 0 Å². The zero-order valence-electron chi connectivity index (χ0n) is 9.92. The minimum Gasteiger partial charge on any atom is -0.487 e. The lowest BCUT2D eigenvalue weighted by Gasteiger charge is -2.37. The number of nitrogens with two attached hydrogens (primary N) is 1. The maximum atomic E-state index is 6.18. The largest absolute Gasteiger partial charge is 0.487 e. The third-order valence-electron chi connectivity index (χ3n) is 2.94. The maximum Gasteiger partial charge on any atom is 0.127 e. The summed E-state index contributed by atoms with van der Waals surface area (Å²) in [6.45, 7) is 8.36. The van der Waals surface area contributed by atoms with Gasteiger partial charge in [-0.25, -0.2) is 0 Å². The number of ether oxygens (including phenoxy) is 1. The van der Waals surface area contributed by atoms with Gasteiger partial charge in [0.15, 0.2) is 0 Å². The molecular weight excluding hydrogens is 186 g/mol. The fourth-order valence-corrected chi connectivity index (χ4v) is 2.36. The van der Waals surface area contributed by atoms with Crippen molar-refractivity contribution >= 4 is 0 Å². The summed E-state index contributed by atoms with van der Waals surface area (Å²) in [5.41, 5.74) is 9.64. The van der Waals surface area contributed by atoms with E-state index in [1.54, 1.807) is 0 Å². The summed E-state index contributed by atoms with van der Waals surface area (Å²) in [5.74, 6) is 0.990. The van der Waals surface area contributed by atoms with Crippen LogP contribution in [0.3, 0.4) is 0 Å². The van der Waals surface area contributed by atoms with E-state index in [9.17, 15) is 0 Å². The molecule has 1 atom stereocenters. The van der Waals surface area contributed by atoms with Gasteiger partial charge >= 0.3 is 0 Å². The van der Waals surface area contributed by atoms with Gasteiger partial charge in [0.1, 0.15) is 11.4 Å². The van der Waals surface area contributed by atoms with E-state index in [0.717, 1.165) is 17.7 Å². The summed E-state index contributed by atoms with van der Waals surface area (Å²) in [5, 5.41) is 0. The predicted molar refractivity (Wildman–Crippen MR) is 62.2 cm³/mol. The summed E-state index contributed by atoms with van der Waals surface area (Å²) in [6.07, 6.45) is 0.878. The smallest absolute Gasteiger partial charge is 0.127 e. The van der Waals surface area contributed by atoms with Crippen LogP contribution in [0.1, 0.15) is 43.0 Å². The summed E-state index contributed by atoms with van der Waals surface area (Å²) >= 11 is 0. The van der Waals surface area contributed by atoms with E-state index >= 15 is 0 Å². The van der Waals surface area contributed by atoms with E-state index in [-0.39, 0.29) is 11.6 Å². The van der Waals surface area contributed by atoms with E-state index in [2.05, 4.69) is 39.8 Å². The van der Waals surface area contributed by atoms with Gasteiger partial charge in [0.2, 0.25) is 0 Å². The number of hydrogen-bond acceptors (Lipinski definition) is 2. The molecule has 0 aromatic heterocycles. The molecule has 0 saturated heterocycles. The van der Waals surface area contributed by atoms with Gasteiger partial charge in [-0.2, -0.15) is 0 Å². The number of fused-ring (bicyclic) bond motifs is 1. The molecule has 0 spiro atoms. The molecule has 82 valence electrons. The molecule has 1 aromatic rings. The Hall–Kier alpha value is -1.02. The van der Waals surface area contributed by atoms with Gasteiger partial charge in [0.25, 0.3) is 0 Å². The van der Waals surface area contributed by atoms with E-state index in [4.69, 9.17) is 10.5 Å². The molecule has 0 aliphatic carbocycles. The second kappa shape index (κ2) is 3.24. The molecule has 2 N–H and O–H groups in total. The monoisotopic (exact) mass is 205 g/mol. The van der Waals surface area contributed by atoms with Crippen LogP contribution in [0.25, 0.3) is 0 Å². The molecule has 2 rings (SSSR count). The van der Waals surface area contributed by atoms with Crippen molar-refractivity contribution in [3.8, 4) is 5.75 Å². The van der Waals surface area contributed by atoms with Crippen molar-refractivity contribution < 1.29 is 4.74 Å². The van der Waals surface area contributed by atoms with Crippen LogP contribution in [-0.2, 0) is 0 Å². The van der Waals surface area contributed by atoms with Crippen LogP contribution in [0.2, 0.25) is 0 Å². The minimum absolute atomic E-state index is 0.0994. The van der Waals surface area contributed by atoms with Gasteiger partial charge in [-0.1, -0.05) is 17.7 Å². The van der Waals surface area contributed by atoms with E-state index in [1.165, 1.54) is 11.1 Å². The van der Waals surface area contributed by atoms with Crippen molar-refractivity contribution in [1.29, 1.82) is 0 Å². The highest BCUT2D eigenvalue weighted by Crippen LogP contribution is 2.40. The van der Waals surface area contributed by atoms with Gasteiger partial charge in [-0.15, -0.1) is 0 Å². The Balaban J connectivity index is 2.55. The molecule has 0 unspecified atom stereocenters. The Morgan fingerprint density at radius 2 is 2.00 bits per heavy atom. The summed E-state index contributed by atoms with van der Waals surface area (Å²) in [4.78, 5) is 0. The highest BCUT2D eigenvalue weighted by molar-refractivity contribution is 5.47. The lowest BCUT2D eigenvalue weighted by atomic mass is 9.88. The Kier molecular flexibility index (Phi) is 2.27. The standard InChI is InChI=1S/C13H19NO/c1-8-5-9(2)12-10(6-8)11(14)7-13(3,4)15-12/h5-6,11H,7,14H2,1-4H3/t11-/m0/s1. The highest BCUT2D eigenvalue weighted by Gasteiger charge is 2.32. The molecule has 0 fully saturated rings. The normalized spacial score (nSPS) is 23.1. The Labute approximate surface area is 91.4 Å². The van der Waals surface area contributed by atoms with Crippen LogP contribution in [0.5, 0.6) is 5.75 Å². The topological polar surface area (TPSA) is 35.2 Å². The first-order valence-corrected chi connectivity index (χ1v) is 5.45. The number of benzene rings is 1. The van der Waals surface area contributed by atoms with Crippen LogP contribution in [0, 0.1) is 13.8 Å². The Bertz CT molecular complexity index is 396. The highest BCUT2D eigenvalue weighted by atomic mass is 16.5. The molecule has 1 heterocycles. The molecule has 1 aliphatic rings. The molecule has 0 bridgehead atoms. The summed E-state index contributed by atoms with van der Waals surface area (Å²) < 4.78 is 6.00.